The highest BCUT2D eigenvalue weighted by Crippen LogP contribution is 2.28. The highest BCUT2D eigenvalue weighted by Gasteiger charge is 2.04. The fraction of sp³-hybridized carbons (Fsp3) is 0.125. The van der Waals surface area contributed by atoms with Gasteiger partial charge in [0.05, 0.1) is 11.0 Å². The summed E-state index contributed by atoms with van der Waals surface area (Å²) >= 11 is 0. The number of aromatic nitrogens is 2. The number of aromatic amines is 1. The van der Waals surface area contributed by atoms with Crippen LogP contribution in [0.3, 0.4) is 0 Å². The van der Waals surface area contributed by atoms with E-state index in [0.717, 1.165) is 11.3 Å². The molecule has 2 aromatic rings. The van der Waals surface area contributed by atoms with Crippen molar-refractivity contribution in [2.75, 3.05) is 0 Å². The number of hydrogen-bond donors (Lipinski definition) is 3. The summed E-state index contributed by atoms with van der Waals surface area (Å²) in [5.74, 6) is 0.482. The predicted octanol–water partition coefficient (Wildman–Crippen LogP) is 1.28. The maximum atomic E-state index is 9.13. The average Bonchev–Trinajstić information content (AvgIpc) is 2.30. The third-order valence-electron chi connectivity index (χ3n) is 1.70. The van der Waals surface area contributed by atoms with Crippen LogP contribution in [-0.2, 0) is 0 Å². The van der Waals surface area contributed by atoms with Gasteiger partial charge in [-0.1, -0.05) is 0 Å². The third-order valence-corrected chi connectivity index (χ3v) is 1.70. The molecule has 0 aliphatic heterocycles. The van der Waals surface area contributed by atoms with E-state index >= 15 is 0 Å². The van der Waals surface area contributed by atoms with Crippen LogP contribution < -0.4 is 0 Å². The van der Waals surface area contributed by atoms with Gasteiger partial charge in [0, 0.05) is 12.1 Å². The molecule has 0 bridgehead atoms. The number of aryl methyl sites for hydroxylation is 1. The van der Waals surface area contributed by atoms with Gasteiger partial charge in [-0.25, -0.2) is 4.98 Å². The molecule has 0 radical (unpaired) electrons. The Bertz CT molecular complexity index is 395. The number of aromatic hydroxyl groups is 2. The molecule has 0 spiro atoms. The van der Waals surface area contributed by atoms with Crippen molar-refractivity contribution in [3.63, 3.8) is 0 Å². The van der Waals surface area contributed by atoms with Gasteiger partial charge >= 0.3 is 0 Å². The minimum atomic E-state index is -0.144. The first-order chi connectivity index (χ1) is 5.66. The van der Waals surface area contributed by atoms with Crippen molar-refractivity contribution in [3.05, 3.63) is 18.0 Å². The quantitative estimate of drug-likeness (QED) is 0.514. The Kier molecular flexibility index (Phi) is 1.24. The molecule has 4 heteroatoms. The summed E-state index contributed by atoms with van der Waals surface area (Å²) in [6, 6.07) is 2.87. The SMILES string of the molecule is Cc1nc2cc(O)c(O)cc2[nH]1. The minimum absolute atomic E-state index is 0.133. The van der Waals surface area contributed by atoms with Gasteiger partial charge in [0.2, 0.25) is 0 Å². The first-order valence-corrected chi connectivity index (χ1v) is 3.55. The van der Waals surface area contributed by atoms with Crippen molar-refractivity contribution < 1.29 is 10.2 Å². The summed E-state index contributed by atoms with van der Waals surface area (Å²) < 4.78 is 0. The number of fused-ring (bicyclic) bond motifs is 1. The molecule has 0 unspecified atom stereocenters. The zero-order chi connectivity index (χ0) is 8.72. The molecule has 1 aromatic carbocycles. The topological polar surface area (TPSA) is 69.1 Å². The van der Waals surface area contributed by atoms with E-state index in [4.69, 9.17) is 10.2 Å². The van der Waals surface area contributed by atoms with Crippen LogP contribution in [0.5, 0.6) is 11.5 Å². The first kappa shape index (κ1) is 6.97. The lowest BCUT2D eigenvalue weighted by molar-refractivity contribution is 0.405. The van der Waals surface area contributed by atoms with E-state index in [1.165, 1.54) is 12.1 Å². The largest absolute Gasteiger partial charge is 0.504 e. The number of phenols is 2. The molecule has 3 N–H and O–H groups in total. The Labute approximate surface area is 68.5 Å². The number of nitrogens with zero attached hydrogens (tertiary/aromatic N) is 1. The third kappa shape index (κ3) is 0.887. The molecule has 0 aliphatic rings. The molecule has 0 aliphatic carbocycles. The van der Waals surface area contributed by atoms with Gasteiger partial charge in [0.1, 0.15) is 5.82 Å². The number of phenolic OH excluding ortho intramolecular Hbond substituents is 2. The van der Waals surface area contributed by atoms with Crippen LogP contribution in [0.4, 0.5) is 0 Å². The highest BCUT2D eigenvalue weighted by molar-refractivity contribution is 5.79. The second-order valence-electron chi connectivity index (χ2n) is 2.68. The van der Waals surface area contributed by atoms with Crippen LogP contribution >= 0.6 is 0 Å². The molecule has 0 amide bonds. The van der Waals surface area contributed by atoms with Gasteiger partial charge in [-0.05, 0) is 6.92 Å². The van der Waals surface area contributed by atoms with Crippen molar-refractivity contribution in [1.29, 1.82) is 0 Å². The Morgan fingerprint density at radius 1 is 1.25 bits per heavy atom. The number of nitrogens with one attached hydrogen (secondary N) is 1. The number of hydrogen-bond acceptors (Lipinski definition) is 3. The first-order valence-electron chi connectivity index (χ1n) is 3.55. The molecule has 0 fully saturated rings. The summed E-state index contributed by atoms with van der Waals surface area (Å²) in [4.78, 5) is 7.03. The summed E-state index contributed by atoms with van der Waals surface area (Å²) in [5.41, 5.74) is 1.38. The van der Waals surface area contributed by atoms with Crippen molar-refractivity contribution >= 4 is 11.0 Å². The molecule has 0 atom stereocenters. The van der Waals surface area contributed by atoms with Crippen LogP contribution in [0, 0.1) is 6.92 Å². The lowest BCUT2D eigenvalue weighted by Gasteiger charge is -1.94. The highest BCUT2D eigenvalue weighted by atomic mass is 16.3. The maximum absolute atomic E-state index is 9.13. The molecule has 62 valence electrons. The molecule has 2 rings (SSSR count). The van der Waals surface area contributed by atoms with Gasteiger partial charge in [-0.15, -0.1) is 0 Å². The number of benzene rings is 1. The standard InChI is InChI=1S/C8H8N2O2/c1-4-9-5-2-7(11)8(12)3-6(5)10-4/h2-3,11-12H,1H3,(H,9,10). The van der Waals surface area contributed by atoms with Crippen molar-refractivity contribution in [2.45, 2.75) is 6.92 Å². The molecular formula is C8H8N2O2. The predicted molar refractivity (Wildman–Crippen MR) is 44.2 cm³/mol. The second kappa shape index (κ2) is 2.14. The van der Waals surface area contributed by atoms with E-state index in [1.807, 2.05) is 6.92 Å². The van der Waals surface area contributed by atoms with E-state index in [2.05, 4.69) is 9.97 Å². The van der Waals surface area contributed by atoms with E-state index in [9.17, 15) is 0 Å². The number of H-pyrrole nitrogens is 1. The van der Waals surface area contributed by atoms with Gasteiger partial charge in [-0.2, -0.15) is 0 Å². The minimum Gasteiger partial charge on any atom is -0.504 e. The Balaban J connectivity index is 2.83. The summed E-state index contributed by atoms with van der Waals surface area (Å²) in [6.07, 6.45) is 0. The van der Waals surface area contributed by atoms with E-state index < -0.39 is 0 Å². The lowest BCUT2D eigenvalue weighted by Crippen LogP contribution is -1.71. The fourth-order valence-electron chi connectivity index (χ4n) is 1.16. The molecular weight excluding hydrogens is 156 g/mol. The molecule has 12 heavy (non-hydrogen) atoms. The summed E-state index contributed by atoms with van der Waals surface area (Å²) in [7, 11) is 0. The van der Waals surface area contributed by atoms with Crippen LogP contribution in [0.15, 0.2) is 12.1 Å². The van der Waals surface area contributed by atoms with Crippen molar-refractivity contribution in [3.8, 4) is 11.5 Å². The molecule has 1 aromatic heterocycles. The van der Waals surface area contributed by atoms with E-state index in [0.29, 0.717) is 5.52 Å². The zero-order valence-corrected chi connectivity index (χ0v) is 6.50. The van der Waals surface area contributed by atoms with Crippen LogP contribution in [0.2, 0.25) is 0 Å². The van der Waals surface area contributed by atoms with Crippen LogP contribution in [0.25, 0.3) is 11.0 Å². The van der Waals surface area contributed by atoms with Crippen LogP contribution in [-0.4, -0.2) is 20.2 Å². The number of rotatable bonds is 0. The van der Waals surface area contributed by atoms with Crippen molar-refractivity contribution in [1.82, 2.24) is 9.97 Å². The fourth-order valence-corrected chi connectivity index (χ4v) is 1.16. The lowest BCUT2D eigenvalue weighted by atomic mass is 10.3. The monoisotopic (exact) mass is 164 g/mol. The van der Waals surface area contributed by atoms with Gasteiger partial charge < -0.3 is 15.2 Å². The molecule has 1 heterocycles. The van der Waals surface area contributed by atoms with Crippen LogP contribution in [0.1, 0.15) is 5.82 Å². The maximum Gasteiger partial charge on any atom is 0.159 e. The zero-order valence-electron chi connectivity index (χ0n) is 6.50. The molecule has 4 nitrogen and oxygen atoms in total. The average molecular weight is 164 g/mol. The smallest absolute Gasteiger partial charge is 0.159 e. The second-order valence-corrected chi connectivity index (χ2v) is 2.68. The Morgan fingerprint density at radius 2 is 1.92 bits per heavy atom. The van der Waals surface area contributed by atoms with Gasteiger partial charge in [0.25, 0.3) is 0 Å². The van der Waals surface area contributed by atoms with E-state index in [1.54, 1.807) is 0 Å². The Morgan fingerprint density at radius 3 is 2.67 bits per heavy atom. The van der Waals surface area contributed by atoms with Gasteiger partial charge in [-0.3, -0.25) is 0 Å². The Hall–Kier alpha value is -1.71. The summed E-state index contributed by atoms with van der Waals surface area (Å²) in [6.45, 7) is 1.81. The molecule has 0 saturated heterocycles. The normalized spacial score (nSPS) is 10.8. The van der Waals surface area contributed by atoms with Crippen molar-refractivity contribution in [2.24, 2.45) is 0 Å². The number of imidazole rings is 1. The summed E-state index contributed by atoms with van der Waals surface area (Å²) in [5, 5.41) is 18.3. The molecule has 0 saturated carbocycles. The van der Waals surface area contributed by atoms with E-state index in [-0.39, 0.29) is 11.5 Å². The van der Waals surface area contributed by atoms with Gasteiger partial charge in [0.15, 0.2) is 11.5 Å².